The van der Waals surface area contributed by atoms with Crippen LogP contribution >= 0.6 is 0 Å². The predicted octanol–water partition coefficient (Wildman–Crippen LogP) is 2.73. The van der Waals surface area contributed by atoms with Crippen LogP contribution in [0.2, 0.25) is 0 Å². The number of rotatable bonds is 8. The van der Waals surface area contributed by atoms with Crippen molar-refractivity contribution in [3.63, 3.8) is 0 Å². The molecule has 0 spiro atoms. The summed E-state index contributed by atoms with van der Waals surface area (Å²) >= 11 is 0. The topological polar surface area (TPSA) is 29.3 Å². The maximum Gasteiger partial charge on any atom is 0.00388 e. The monoisotopic (exact) mass is 214 g/mol. The molecule has 0 saturated heterocycles. The maximum atomic E-state index is 5.53. The van der Waals surface area contributed by atoms with Crippen molar-refractivity contribution in [2.24, 2.45) is 17.6 Å². The summed E-state index contributed by atoms with van der Waals surface area (Å²) in [6.07, 6.45) is 2.42. The quantitative estimate of drug-likeness (QED) is 0.673. The van der Waals surface area contributed by atoms with Crippen LogP contribution in [0.3, 0.4) is 0 Å². The molecule has 0 aliphatic rings. The smallest absolute Gasteiger partial charge is 0.00388 e. The van der Waals surface area contributed by atoms with Crippen molar-refractivity contribution in [3.05, 3.63) is 0 Å². The van der Waals surface area contributed by atoms with Crippen LogP contribution < -0.4 is 5.73 Å². The van der Waals surface area contributed by atoms with Crippen LogP contribution in [0.5, 0.6) is 0 Å². The molecule has 0 heterocycles. The van der Waals surface area contributed by atoms with Crippen molar-refractivity contribution in [2.45, 2.75) is 53.5 Å². The van der Waals surface area contributed by atoms with Crippen LogP contribution in [0.4, 0.5) is 0 Å². The summed E-state index contributed by atoms with van der Waals surface area (Å²) in [6.45, 7) is 14.8. The van der Waals surface area contributed by atoms with Gasteiger partial charge in [0.2, 0.25) is 0 Å². The van der Waals surface area contributed by atoms with Gasteiger partial charge in [0, 0.05) is 19.1 Å². The SMILES string of the molecule is CC(C)CN(CC(C)CCCN)C(C)C. The Morgan fingerprint density at radius 1 is 1.00 bits per heavy atom. The van der Waals surface area contributed by atoms with E-state index in [0.717, 1.165) is 24.8 Å². The highest BCUT2D eigenvalue weighted by Crippen LogP contribution is 2.11. The molecule has 0 aromatic heterocycles. The van der Waals surface area contributed by atoms with Gasteiger partial charge in [0.25, 0.3) is 0 Å². The summed E-state index contributed by atoms with van der Waals surface area (Å²) in [4.78, 5) is 2.59. The van der Waals surface area contributed by atoms with Gasteiger partial charge in [-0.2, -0.15) is 0 Å². The fraction of sp³-hybridized carbons (Fsp3) is 1.00. The van der Waals surface area contributed by atoms with E-state index in [9.17, 15) is 0 Å². The molecule has 0 radical (unpaired) electrons. The van der Waals surface area contributed by atoms with Crippen molar-refractivity contribution in [2.75, 3.05) is 19.6 Å². The Hall–Kier alpha value is -0.0800. The first-order valence-electron chi connectivity index (χ1n) is 6.41. The first-order chi connectivity index (χ1) is 6.97. The molecule has 0 aliphatic heterocycles. The van der Waals surface area contributed by atoms with Gasteiger partial charge in [-0.05, 0) is 45.1 Å². The predicted molar refractivity (Wildman–Crippen MR) is 69.0 cm³/mol. The van der Waals surface area contributed by atoms with E-state index in [-0.39, 0.29) is 0 Å². The molecule has 0 aromatic carbocycles. The zero-order valence-electron chi connectivity index (χ0n) is 11.3. The van der Waals surface area contributed by atoms with E-state index >= 15 is 0 Å². The normalized spacial score (nSPS) is 14.2. The fourth-order valence-electron chi connectivity index (χ4n) is 1.92. The van der Waals surface area contributed by atoms with Crippen molar-refractivity contribution in [3.8, 4) is 0 Å². The molecule has 15 heavy (non-hydrogen) atoms. The lowest BCUT2D eigenvalue weighted by Gasteiger charge is -2.30. The van der Waals surface area contributed by atoms with Gasteiger partial charge in [0.15, 0.2) is 0 Å². The van der Waals surface area contributed by atoms with Gasteiger partial charge in [-0.1, -0.05) is 20.8 Å². The summed E-state index contributed by atoms with van der Waals surface area (Å²) in [5, 5.41) is 0. The molecule has 0 fully saturated rings. The molecule has 0 aromatic rings. The van der Waals surface area contributed by atoms with Gasteiger partial charge in [-0.15, -0.1) is 0 Å². The van der Waals surface area contributed by atoms with Gasteiger partial charge in [0.1, 0.15) is 0 Å². The number of nitrogens with two attached hydrogens (primary N) is 1. The van der Waals surface area contributed by atoms with Crippen LogP contribution in [-0.4, -0.2) is 30.6 Å². The van der Waals surface area contributed by atoms with Gasteiger partial charge >= 0.3 is 0 Å². The minimum absolute atomic E-state index is 0.660. The Morgan fingerprint density at radius 3 is 2.00 bits per heavy atom. The van der Waals surface area contributed by atoms with E-state index < -0.39 is 0 Å². The number of hydrogen-bond donors (Lipinski definition) is 1. The highest BCUT2D eigenvalue weighted by atomic mass is 15.1. The fourth-order valence-corrected chi connectivity index (χ4v) is 1.92. The molecule has 0 saturated carbocycles. The Morgan fingerprint density at radius 2 is 1.60 bits per heavy atom. The molecule has 2 nitrogen and oxygen atoms in total. The van der Waals surface area contributed by atoms with Crippen molar-refractivity contribution in [1.29, 1.82) is 0 Å². The standard InChI is InChI=1S/C13H30N2/c1-11(2)9-15(12(3)4)10-13(5)7-6-8-14/h11-13H,6-10,14H2,1-5H3. The lowest BCUT2D eigenvalue weighted by atomic mass is 10.0. The molecule has 92 valence electrons. The highest BCUT2D eigenvalue weighted by Gasteiger charge is 2.14. The second-order valence-corrected chi connectivity index (χ2v) is 5.48. The van der Waals surface area contributed by atoms with E-state index in [1.165, 1.54) is 19.5 Å². The van der Waals surface area contributed by atoms with E-state index in [2.05, 4.69) is 39.5 Å². The molecule has 1 unspecified atom stereocenters. The average Bonchev–Trinajstić information content (AvgIpc) is 2.12. The molecule has 0 rings (SSSR count). The summed E-state index contributed by atoms with van der Waals surface area (Å²) in [6, 6.07) is 0.660. The molecule has 0 amide bonds. The Bertz CT molecular complexity index is 143. The van der Waals surface area contributed by atoms with Crippen LogP contribution in [0, 0.1) is 11.8 Å². The third-order valence-electron chi connectivity index (χ3n) is 2.78. The summed E-state index contributed by atoms with van der Waals surface area (Å²) in [5.41, 5.74) is 5.53. The van der Waals surface area contributed by atoms with Crippen LogP contribution in [0.1, 0.15) is 47.5 Å². The minimum Gasteiger partial charge on any atom is -0.330 e. The van der Waals surface area contributed by atoms with Crippen molar-refractivity contribution in [1.82, 2.24) is 4.90 Å². The largest absolute Gasteiger partial charge is 0.330 e. The minimum atomic E-state index is 0.660. The third-order valence-corrected chi connectivity index (χ3v) is 2.78. The van der Waals surface area contributed by atoms with Crippen LogP contribution in [-0.2, 0) is 0 Å². The first-order valence-corrected chi connectivity index (χ1v) is 6.41. The number of hydrogen-bond acceptors (Lipinski definition) is 2. The summed E-state index contributed by atoms with van der Waals surface area (Å²) < 4.78 is 0. The molecular weight excluding hydrogens is 184 g/mol. The zero-order chi connectivity index (χ0) is 11.8. The second kappa shape index (κ2) is 8.12. The lowest BCUT2D eigenvalue weighted by molar-refractivity contribution is 0.168. The molecule has 1 atom stereocenters. The molecule has 0 aliphatic carbocycles. The van der Waals surface area contributed by atoms with Crippen molar-refractivity contribution < 1.29 is 0 Å². The van der Waals surface area contributed by atoms with Gasteiger partial charge in [-0.3, -0.25) is 0 Å². The molecule has 2 N–H and O–H groups in total. The van der Waals surface area contributed by atoms with E-state index in [1.807, 2.05) is 0 Å². The Kier molecular flexibility index (Phi) is 8.07. The number of nitrogens with zero attached hydrogens (tertiary/aromatic N) is 1. The van der Waals surface area contributed by atoms with Gasteiger partial charge < -0.3 is 10.6 Å². The molecular formula is C13H30N2. The Balaban J connectivity index is 3.93. The Labute approximate surface area is 96.2 Å². The lowest BCUT2D eigenvalue weighted by Crippen LogP contribution is -2.37. The van der Waals surface area contributed by atoms with E-state index in [4.69, 9.17) is 5.73 Å². The van der Waals surface area contributed by atoms with Gasteiger partial charge in [-0.25, -0.2) is 0 Å². The average molecular weight is 214 g/mol. The van der Waals surface area contributed by atoms with E-state index in [0.29, 0.717) is 6.04 Å². The third kappa shape index (κ3) is 7.80. The first kappa shape index (κ1) is 14.9. The maximum absolute atomic E-state index is 5.53. The van der Waals surface area contributed by atoms with Crippen LogP contribution in [0.25, 0.3) is 0 Å². The van der Waals surface area contributed by atoms with Crippen molar-refractivity contribution >= 4 is 0 Å². The van der Waals surface area contributed by atoms with E-state index in [1.54, 1.807) is 0 Å². The summed E-state index contributed by atoms with van der Waals surface area (Å²) in [5.74, 6) is 1.53. The molecule has 0 bridgehead atoms. The highest BCUT2D eigenvalue weighted by molar-refractivity contribution is 4.68. The summed E-state index contributed by atoms with van der Waals surface area (Å²) in [7, 11) is 0. The van der Waals surface area contributed by atoms with Gasteiger partial charge in [0.05, 0.1) is 0 Å². The zero-order valence-corrected chi connectivity index (χ0v) is 11.3. The molecule has 2 heteroatoms. The van der Waals surface area contributed by atoms with Crippen LogP contribution in [0.15, 0.2) is 0 Å². The second-order valence-electron chi connectivity index (χ2n) is 5.48.